The molecule has 3 aromatic rings. The number of rotatable bonds is 3. The molecule has 3 aromatic heterocycles. The summed E-state index contributed by atoms with van der Waals surface area (Å²) < 4.78 is 1.96. The van der Waals surface area contributed by atoms with E-state index >= 15 is 0 Å². The summed E-state index contributed by atoms with van der Waals surface area (Å²) in [5, 5.41) is 13.5. The Hall–Kier alpha value is -1.40. The topological polar surface area (TPSA) is 42.2 Å². The third-order valence-corrected chi connectivity index (χ3v) is 5.37. The number of hydrogen-bond donors (Lipinski definition) is 1. The minimum Gasteiger partial charge on any atom is -0.357 e. The van der Waals surface area contributed by atoms with Crippen LogP contribution in [0.2, 0.25) is 0 Å². The minimum atomic E-state index is 0.587. The zero-order valence-electron chi connectivity index (χ0n) is 11.1. The van der Waals surface area contributed by atoms with Crippen molar-refractivity contribution in [1.29, 1.82) is 0 Å². The van der Waals surface area contributed by atoms with Crippen LogP contribution in [0.5, 0.6) is 0 Å². The monoisotopic (exact) mass is 304 g/mol. The van der Waals surface area contributed by atoms with Crippen molar-refractivity contribution < 1.29 is 0 Å². The van der Waals surface area contributed by atoms with Gasteiger partial charge in [0.1, 0.15) is 0 Å². The van der Waals surface area contributed by atoms with Crippen molar-refractivity contribution >= 4 is 32.8 Å². The number of aromatic nitrogens is 3. The molecule has 1 saturated carbocycles. The van der Waals surface area contributed by atoms with E-state index in [0.717, 1.165) is 15.8 Å². The first-order valence-corrected chi connectivity index (χ1v) is 8.80. The maximum Gasteiger partial charge on any atom is 0.214 e. The highest BCUT2D eigenvalue weighted by atomic mass is 32.1. The summed E-state index contributed by atoms with van der Waals surface area (Å²) in [4.78, 5) is 5.43. The molecular weight excluding hydrogens is 288 g/mol. The second-order valence-electron chi connectivity index (χ2n) is 5.24. The Balaban J connectivity index is 1.62. The minimum absolute atomic E-state index is 0.587. The Bertz CT molecular complexity index is 692. The fourth-order valence-corrected chi connectivity index (χ4v) is 4.28. The number of hydrogen-bond acceptors (Lipinski definition) is 5. The Morgan fingerprint density at radius 2 is 2.15 bits per heavy atom. The molecule has 4 rings (SSSR count). The summed E-state index contributed by atoms with van der Waals surface area (Å²) in [6.07, 6.45) is 8.48. The maximum absolute atomic E-state index is 4.69. The van der Waals surface area contributed by atoms with E-state index < -0.39 is 0 Å². The fraction of sp³-hybridized carbons (Fsp3) is 0.429. The van der Waals surface area contributed by atoms with Crippen molar-refractivity contribution in [2.75, 3.05) is 5.32 Å². The van der Waals surface area contributed by atoms with Gasteiger partial charge >= 0.3 is 0 Å². The smallest absolute Gasteiger partial charge is 0.214 e. The van der Waals surface area contributed by atoms with Crippen LogP contribution in [0.1, 0.15) is 32.1 Å². The predicted octanol–water partition coefficient (Wildman–Crippen LogP) is 4.26. The van der Waals surface area contributed by atoms with Gasteiger partial charge in [0.05, 0.1) is 11.9 Å². The van der Waals surface area contributed by atoms with Crippen molar-refractivity contribution in [3.8, 4) is 11.3 Å². The van der Waals surface area contributed by atoms with E-state index in [9.17, 15) is 0 Å². The SMILES string of the molecule is c1cc(-c2cnc3sc(NC4CCCCC4)nn23)cs1. The maximum atomic E-state index is 4.69. The van der Waals surface area contributed by atoms with Gasteiger partial charge < -0.3 is 5.32 Å². The molecule has 0 aromatic carbocycles. The molecule has 1 aliphatic rings. The average Bonchev–Trinajstić information content (AvgIpc) is 3.15. The van der Waals surface area contributed by atoms with Crippen molar-refractivity contribution in [1.82, 2.24) is 14.6 Å². The summed E-state index contributed by atoms with van der Waals surface area (Å²) >= 11 is 3.34. The molecule has 20 heavy (non-hydrogen) atoms. The average molecular weight is 304 g/mol. The third-order valence-electron chi connectivity index (χ3n) is 3.84. The molecule has 0 unspecified atom stereocenters. The van der Waals surface area contributed by atoms with Gasteiger partial charge in [0.25, 0.3) is 0 Å². The predicted molar refractivity (Wildman–Crippen MR) is 84.7 cm³/mol. The van der Waals surface area contributed by atoms with Crippen LogP contribution in [0.4, 0.5) is 5.13 Å². The standard InChI is InChI=1S/C14H16N4S2/c1-2-4-11(5-3-1)16-13-17-18-12(8-15-14(18)20-13)10-6-7-19-9-10/h6-9,11H,1-5H2,(H,16,17). The second kappa shape index (κ2) is 5.18. The molecule has 0 radical (unpaired) electrons. The van der Waals surface area contributed by atoms with E-state index in [0.29, 0.717) is 6.04 Å². The number of imidazole rings is 1. The van der Waals surface area contributed by atoms with E-state index in [1.165, 1.54) is 37.7 Å². The van der Waals surface area contributed by atoms with Gasteiger partial charge in [0, 0.05) is 17.0 Å². The summed E-state index contributed by atoms with van der Waals surface area (Å²) in [7, 11) is 0. The Morgan fingerprint density at radius 3 is 2.95 bits per heavy atom. The quantitative estimate of drug-likeness (QED) is 0.786. The molecule has 0 atom stereocenters. The van der Waals surface area contributed by atoms with E-state index in [-0.39, 0.29) is 0 Å². The van der Waals surface area contributed by atoms with Crippen molar-refractivity contribution in [3.63, 3.8) is 0 Å². The molecular formula is C14H16N4S2. The van der Waals surface area contributed by atoms with Crippen LogP contribution >= 0.6 is 22.7 Å². The third kappa shape index (κ3) is 2.23. The highest BCUT2D eigenvalue weighted by Crippen LogP contribution is 2.29. The van der Waals surface area contributed by atoms with Gasteiger partial charge in [-0.3, -0.25) is 0 Å². The highest BCUT2D eigenvalue weighted by molar-refractivity contribution is 7.20. The lowest BCUT2D eigenvalue weighted by Gasteiger charge is -2.21. The lowest BCUT2D eigenvalue weighted by Crippen LogP contribution is -2.22. The molecule has 0 bridgehead atoms. The van der Waals surface area contributed by atoms with Crippen LogP contribution < -0.4 is 5.32 Å². The van der Waals surface area contributed by atoms with Gasteiger partial charge in [0.15, 0.2) is 0 Å². The first-order valence-electron chi connectivity index (χ1n) is 7.04. The van der Waals surface area contributed by atoms with Crippen LogP contribution in [-0.2, 0) is 0 Å². The Labute approximate surface area is 125 Å². The fourth-order valence-electron chi connectivity index (χ4n) is 2.78. The van der Waals surface area contributed by atoms with Gasteiger partial charge in [-0.1, -0.05) is 30.6 Å². The zero-order chi connectivity index (χ0) is 13.4. The van der Waals surface area contributed by atoms with Crippen LogP contribution in [0, 0.1) is 0 Å². The van der Waals surface area contributed by atoms with Gasteiger partial charge in [-0.2, -0.15) is 11.3 Å². The molecule has 6 heteroatoms. The van der Waals surface area contributed by atoms with Crippen molar-refractivity contribution in [3.05, 3.63) is 23.0 Å². The van der Waals surface area contributed by atoms with Crippen LogP contribution in [-0.4, -0.2) is 20.6 Å². The molecule has 1 N–H and O–H groups in total. The summed E-state index contributed by atoms with van der Waals surface area (Å²) in [6.45, 7) is 0. The lowest BCUT2D eigenvalue weighted by molar-refractivity contribution is 0.462. The highest BCUT2D eigenvalue weighted by Gasteiger charge is 2.16. The zero-order valence-corrected chi connectivity index (χ0v) is 12.7. The first-order chi connectivity index (χ1) is 9.90. The van der Waals surface area contributed by atoms with Crippen molar-refractivity contribution in [2.24, 2.45) is 0 Å². The van der Waals surface area contributed by atoms with E-state index in [2.05, 4.69) is 32.2 Å². The normalized spacial score (nSPS) is 16.8. The number of nitrogens with one attached hydrogen (secondary N) is 1. The van der Waals surface area contributed by atoms with Gasteiger partial charge in [0.2, 0.25) is 10.1 Å². The molecule has 3 heterocycles. The van der Waals surface area contributed by atoms with Gasteiger partial charge in [-0.15, -0.1) is 5.10 Å². The number of anilines is 1. The van der Waals surface area contributed by atoms with E-state index in [1.807, 2.05) is 10.7 Å². The summed E-state index contributed by atoms with van der Waals surface area (Å²) in [6, 6.07) is 2.70. The Kier molecular flexibility index (Phi) is 3.20. The number of thiophene rings is 1. The van der Waals surface area contributed by atoms with E-state index in [4.69, 9.17) is 0 Å². The van der Waals surface area contributed by atoms with Crippen LogP contribution in [0.25, 0.3) is 16.2 Å². The lowest BCUT2D eigenvalue weighted by atomic mass is 9.96. The molecule has 0 spiro atoms. The molecule has 104 valence electrons. The Morgan fingerprint density at radius 1 is 1.25 bits per heavy atom. The first kappa shape index (κ1) is 12.3. The van der Waals surface area contributed by atoms with Gasteiger partial charge in [-0.05, 0) is 24.3 Å². The molecule has 0 aliphatic heterocycles. The van der Waals surface area contributed by atoms with Gasteiger partial charge in [-0.25, -0.2) is 9.50 Å². The molecule has 1 aliphatic carbocycles. The molecule has 0 amide bonds. The molecule has 0 saturated heterocycles. The number of nitrogens with zero attached hydrogens (tertiary/aromatic N) is 3. The van der Waals surface area contributed by atoms with Crippen LogP contribution in [0.15, 0.2) is 23.0 Å². The van der Waals surface area contributed by atoms with Crippen LogP contribution in [0.3, 0.4) is 0 Å². The summed E-state index contributed by atoms with van der Waals surface area (Å²) in [5.41, 5.74) is 2.27. The van der Waals surface area contributed by atoms with Crippen molar-refractivity contribution in [2.45, 2.75) is 38.1 Å². The van der Waals surface area contributed by atoms with E-state index in [1.54, 1.807) is 22.7 Å². The largest absolute Gasteiger partial charge is 0.357 e. The second-order valence-corrected chi connectivity index (χ2v) is 6.97. The number of fused-ring (bicyclic) bond motifs is 1. The summed E-state index contributed by atoms with van der Waals surface area (Å²) in [5.74, 6) is 0. The molecule has 4 nitrogen and oxygen atoms in total. The molecule has 1 fully saturated rings.